The Morgan fingerprint density at radius 1 is 1.36 bits per heavy atom. The lowest BCUT2D eigenvalue weighted by Crippen LogP contribution is -2.43. The van der Waals surface area contributed by atoms with E-state index in [-0.39, 0.29) is 16.8 Å². The highest BCUT2D eigenvalue weighted by Gasteiger charge is 2.44. The summed E-state index contributed by atoms with van der Waals surface area (Å²) in [6, 6.07) is 4.59. The van der Waals surface area contributed by atoms with Gasteiger partial charge in [-0.25, -0.2) is 4.79 Å². The van der Waals surface area contributed by atoms with Crippen molar-refractivity contribution in [1.82, 2.24) is 4.37 Å². The molecule has 0 bridgehead atoms. The Labute approximate surface area is 126 Å². The molecule has 1 N–H and O–H groups in total. The van der Waals surface area contributed by atoms with Gasteiger partial charge in [-0.2, -0.15) is 17.5 Å². The molecule has 2 heterocycles. The zero-order valence-electron chi connectivity index (χ0n) is 10.8. The number of benzene rings is 1. The van der Waals surface area contributed by atoms with Crippen molar-refractivity contribution in [3.05, 3.63) is 36.2 Å². The molecule has 1 aromatic carbocycles. The Kier molecular flexibility index (Phi) is 3.36. The topological polar surface area (TPSA) is 65.8 Å². The summed E-state index contributed by atoms with van der Waals surface area (Å²) >= 11 is 0.928. The number of carbonyl (C=O) groups is 1. The number of allylic oxidation sites excluding steroid dienone is 1. The third kappa shape index (κ3) is 2.33. The van der Waals surface area contributed by atoms with Gasteiger partial charge in [0.05, 0.1) is 15.8 Å². The number of hydrogen-bond acceptors (Lipinski definition) is 5. The van der Waals surface area contributed by atoms with Crippen LogP contribution in [-0.2, 0) is 0 Å². The smallest absolute Gasteiger partial charge is 0.429 e. The largest absolute Gasteiger partial charge is 0.476 e. The summed E-state index contributed by atoms with van der Waals surface area (Å²) in [6.07, 6.45) is -3.02. The van der Waals surface area contributed by atoms with Gasteiger partial charge >= 0.3 is 12.1 Å². The molecule has 3 rings (SSSR count). The number of aromatic nitrogens is 1. The molecule has 22 heavy (non-hydrogen) atoms. The van der Waals surface area contributed by atoms with Crippen molar-refractivity contribution in [1.29, 1.82) is 0 Å². The molecule has 9 heteroatoms. The molecule has 0 fully saturated rings. The summed E-state index contributed by atoms with van der Waals surface area (Å²) in [5, 5.41) is 9.35. The lowest BCUT2D eigenvalue weighted by molar-refractivity contribution is -0.145. The lowest BCUT2D eigenvalue weighted by atomic mass is 10.1. The van der Waals surface area contributed by atoms with Gasteiger partial charge in [0.2, 0.25) is 6.17 Å². The molecule has 0 saturated carbocycles. The van der Waals surface area contributed by atoms with Gasteiger partial charge < -0.3 is 10.0 Å². The summed E-state index contributed by atoms with van der Waals surface area (Å²) < 4.78 is 43.7. The predicted octanol–water partition coefficient (Wildman–Crippen LogP) is 3.29. The first kappa shape index (κ1) is 14.5. The molecule has 5 nitrogen and oxygen atoms in total. The Morgan fingerprint density at radius 3 is 2.82 bits per heavy atom. The van der Waals surface area contributed by atoms with Crippen LogP contribution in [0.1, 0.15) is 10.5 Å². The Bertz CT molecular complexity index is 797. The van der Waals surface area contributed by atoms with E-state index in [1.165, 1.54) is 18.3 Å². The minimum Gasteiger partial charge on any atom is -0.476 e. The monoisotopic (exact) mass is 327 g/mol. The molecule has 114 valence electrons. The van der Waals surface area contributed by atoms with Gasteiger partial charge in [0.25, 0.3) is 0 Å². The van der Waals surface area contributed by atoms with Gasteiger partial charge in [-0.15, -0.1) is 0 Å². The molecule has 1 atom stereocenters. The molecule has 1 unspecified atom stereocenters. The number of anilines is 1. The van der Waals surface area contributed by atoms with Gasteiger partial charge in [-0.3, -0.25) is 4.99 Å². The molecule has 2 aromatic rings. The summed E-state index contributed by atoms with van der Waals surface area (Å²) in [5.74, 6) is -1.29. The van der Waals surface area contributed by atoms with E-state index in [1.807, 2.05) is 0 Å². The van der Waals surface area contributed by atoms with Crippen LogP contribution < -0.4 is 4.90 Å². The molecular formula is C13H8F3N3O2S. The molecule has 1 aliphatic heterocycles. The highest BCUT2D eigenvalue weighted by Crippen LogP contribution is 2.37. The second kappa shape index (κ2) is 5.09. The number of aliphatic imine (C=N–C) groups is 1. The highest BCUT2D eigenvalue weighted by atomic mass is 32.1. The molecule has 0 radical (unpaired) electrons. The Morgan fingerprint density at radius 2 is 2.14 bits per heavy atom. The quantitative estimate of drug-likeness (QED) is 0.919. The van der Waals surface area contributed by atoms with E-state index in [9.17, 15) is 23.1 Å². The molecular weight excluding hydrogens is 319 g/mol. The molecule has 0 saturated heterocycles. The normalized spacial score (nSPS) is 18.1. The van der Waals surface area contributed by atoms with Gasteiger partial charge in [0.15, 0.2) is 5.69 Å². The number of carboxylic acids is 1. The van der Waals surface area contributed by atoms with E-state index in [4.69, 9.17) is 0 Å². The highest BCUT2D eigenvalue weighted by molar-refractivity contribution is 7.13. The third-order valence-corrected chi connectivity index (χ3v) is 3.88. The molecule has 1 aliphatic rings. The summed E-state index contributed by atoms with van der Waals surface area (Å²) in [7, 11) is 0. The van der Waals surface area contributed by atoms with E-state index in [2.05, 4.69) is 9.37 Å². The standard InChI is InChI=1S/C13H8F3N3O2S/c14-13(15,16)12-17-5-2-6-19(12)7-3-1-4-8-9(7)10(11(20)21)18-22-8/h1-6,12H,(H,20,21). The zero-order chi connectivity index (χ0) is 15.9. The number of fused-ring (bicyclic) bond motifs is 1. The second-order valence-electron chi connectivity index (χ2n) is 4.45. The van der Waals surface area contributed by atoms with Crippen molar-refractivity contribution < 1.29 is 23.1 Å². The van der Waals surface area contributed by atoms with Crippen LogP contribution in [0.15, 0.2) is 35.5 Å². The van der Waals surface area contributed by atoms with Crippen molar-refractivity contribution >= 4 is 39.5 Å². The Balaban J connectivity index is 2.21. The predicted molar refractivity (Wildman–Crippen MR) is 76.5 cm³/mol. The average molecular weight is 327 g/mol. The maximum atomic E-state index is 13.1. The maximum absolute atomic E-state index is 13.1. The van der Waals surface area contributed by atoms with Crippen molar-refractivity contribution in [2.24, 2.45) is 4.99 Å². The fourth-order valence-corrected chi connectivity index (χ4v) is 3.00. The van der Waals surface area contributed by atoms with Crippen LogP contribution in [0, 0.1) is 0 Å². The first-order valence-electron chi connectivity index (χ1n) is 6.06. The maximum Gasteiger partial charge on any atom is 0.429 e. The van der Waals surface area contributed by atoms with E-state index < -0.39 is 18.3 Å². The van der Waals surface area contributed by atoms with Crippen molar-refractivity contribution in [3.63, 3.8) is 0 Å². The fraction of sp³-hybridized carbons (Fsp3) is 0.154. The number of halogens is 3. The van der Waals surface area contributed by atoms with E-state index in [1.54, 1.807) is 12.1 Å². The number of hydrogen-bond donors (Lipinski definition) is 1. The molecule has 0 spiro atoms. The minimum atomic E-state index is -4.59. The average Bonchev–Trinajstić information content (AvgIpc) is 2.90. The third-order valence-electron chi connectivity index (χ3n) is 3.07. The number of carboxylic acid groups (broad SMARTS) is 1. The minimum absolute atomic E-state index is 0.110. The first-order chi connectivity index (χ1) is 10.4. The molecule has 0 amide bonds. The summed E-state index contributed by atoms with van der Waals surface area (Å²) in [4.78, 5) is 15.6. The van der Waals surface area contributed by atoms with Crippen LogP contribution in [0.25, 0.3) is 10.1 Å². The van der Waals surface area contributed by atoms with Gasteiger partial charge in [-0.1, -0.05) is 6.07 Å². The van der Waals surface area contributed by atoms with Crippen LogP contribution in [0.4, 0.5) is 18.9 Å². The van der Waals surface area contributed by atoms with Gasteiger partial charge in [0.1, 0.15) is 0 Å². The second-order valence-corrected chi connectivity index (χ2v) is 5.25. The van der Waals surface area contributed by atoms with E-state index in [0.29, 0.717) is 4.70 Å². The van der Waals surface area contributed by atoms with Crippen molar-refractivity contribution in [2.75, 3.05) is 4.90 Å². The van der Waals surface area contributed by atoms with Crippen LogP contribution in [0.5, 0.6) is 0 Å². The van der Waals surface area contributed by atoms with E-state index >= 15 is 0 Å². The number of rotatable bonds is 2. The number of nitrogens with zero attached hydrogens (tertiary/aromatic N) is 3. The van der Waals surface area contributed by atoms with Crippen molar-refractivity contribution in [2.45, 2.75) is 12.3 Å². The molecule has 0 aliphatic carbocycles. The number of alkyl halides is 3. The number of aromatic carboxylic acids is 1. The van der Waals surface area contributed by atoms with Crippen LogP contribution in [-0.4, -0.2) is 34.0 Å². The lowest BCUT2D eigenvalue weighted by Gasteiger charge is -2.31. The van der Waals surface area contributed by atoms with Crippen LogP contribution in [0.3, 0.4) is 0 Å². The SMILES string of the molecule is O=C(O)c1nsc2cccc(N3C=CC=NC3C(F)(F)F)c12. The summed E-state index contributed by atoms with van der Waals surface area (Å²) in [6.45, 7) is 0. The van der Waals surface area contributed by atoms with Gasteiger partial charge in [0, 0.05) is 12.4 Å². The zero-order valence-corrected chi connectivity index (χ0v) is 11.6. The first-order valence-corrected chi connectivity index (χ1v) is 6.83. The van der Waals surface area contributed by atoms with Crippen molar-refractivity contribution in [3.8, 4) is 0 Å². The van der Waals surface area contributed by atoms with Crippen LogP contribution in [0.2, 0.25) is 0 Å². The van der Waals surface area contributed by atoms with Gasteiger partial charge in [-0.05, 0) is 29.7 Å². The molecule has 1 aromatic heterocycles. The Hall–Kier alpha value is -2.42. The van der Waals surface area contributed by atoms with Crippen LogP contribution >= 0.6 is 11.5 Å². The fourth-order valence-electron chi connectivity index (χ4n) is 2.21. The summed E-state index contributed by atoms with van der Waals surface area (Å²) in [5.41, 5.74) is -0.154. The van der Waals surface area contributed by atoms with E-state index in [0.717, 1.165) is 22.6 Å².